The minimum atomic E-state index is -3.63. The predicted molar refractivity (Wildman–Crippen MR) is 75.9 cm³/mol. The van der Waals surface area contributed by atoms with Gasteiger partial charge in [-0.1, -0.05) is 0 Å². The largest absolute Gasteiger partial charge is 0.384 e. The van der Waals surface area contributed by atoms with Crippen LogP contribution in [0.3, 0.4) is 0 Å². The van der Waals surface area contributed by atoms with Crippen molar-refractivity contribution in [1.82, 2.24) is 14.6 Å². The van der Waals surface area contributed by atoms with Gasteiger partial charge in [0, 0.05) is 45.6 Å². The summed E-state index contributed by atoms with van der Waals surface area (Å²) in [6.45, 7) is 0.769. The van der Waals surface area contributed by atoms with Gasteiger partial charge in [-0.25, -0.2) is 8.42 Å². The Morgan fingerprint density at radius 3 is 2.86 bits per heavy atom. The molecule has 0 bridgehead atoms. The van der Waals surface area contributed by atoms with E-state index >= 15 is 0 Å². The lowest BCUT2D eigenvalue weighted by Gasteiger charge is -2.15. The molecular weight excluding hydrogens is 294 g/mol. The van der Waals surface area contributed by atoms with Crippen LogP contribution in [0.25, 0.3) is 0 Å². The highest BCUT2D eigenvalue weighted by Crippen LogP contribution is 2.28. The first-order valence-corrected chi connectivity index (χ1v) is 8.05. The van der Waals surface area contributed by atoms with Gasteiger partial charge in [-0.2, -0.15) is 4.31 Å². The summed E-state index contributed by atoms with van der Waals surface area (Å²) in [5.41, 5.74) is 0. The maximum atomic E-state index is 12.6. The molecule has 1 aromatic heterocycles. The quantitative estimate of drug-likeness (QED) is 0.807. The Bertz CT molecular complexity index is 591. The van der Waals surface area contributed by atoms with Gasteiger partial charge in [-0.15, -0.1) is 0 Å². The number of ether oxygens (including phenoxy) is 1. The van der Waals surface area contributed by atoms with E-state index in [2.05, 4.69) is 10.3 Å². The highest BCUT2D eigenvalue weighted by molar-refractivity contribution is 7.89. The molecular formula is C13H19N3O4S. The Labute approximate surface area is 124 Å². The zero-order valence-electron chi connectivity index (χ0n) is 12.0. The van der Waals surface area contributed by atoms with Crippen LogP contribution >= 0.6 is 0 Å². The second-order valence-corrected chi connectivity index (χ2v) is 6.88. The molecule has 1 N–H and O–H groups in total. The lowest BCUT2D eigenvalue weighted by atomic mass is 9.96. The average Bonchev–Trinajstić information content (AvgIpc) is 2.92. The number of rotatable bonds is 5. The third kappa shape index (κ3) is 3.22. The van der Waals surface area contributed by atoms with Gasteiger partial charge in [0.15, 0.2) is 0 Å². The number of nitrogens with one attached hydrogen (secondary N) is 1. The van der Waals surface area contributed by atoms with E-state index in [0.717, 1.165) is 0 Å². The maximum absolute atomic E-state index is 12.6. The first-order chi connectivity index (χ1) is 10.0. The highest BCUT2D eigenvalue weighted by atomic mass is 32.2. The van der Waals surface area contributed by atoms with Crippen LogP contribution in [0.4, 0.5) is 0 Å². The molecule has 2 atom stereocenters. The molecule has 21 heavy (non-hydrogen) atoms. The molecule has 8 heteroatoms. The van der Waals surface area contributed by atoms with Crippen LogP contribution in [-0.4, -0.2) is 57.5 Å². The Kier molecular flexibility index (Phi) is 4.92. The second-order valence-electron chi connectivity index (χ2n) is 4.95. The smallest absolute Gasteiger partial charge is 0.244 e. The van der Waals surface area contributed by atoms with Gasteiger partial charge in [-0.3, -0.25) is 9.78 Å². The fraction of sp³-hybridized carbons (Fsp3) is 0.538. The normalized spacial score (nSPS) is 23.1. The number of nitrogens with zero attached hydrogens (tertiary/aromatic N) is 2. The van der Waals surface area contributed by atoms with E-state index in [-0.39, 0.29) is 29.8 Å². The summed E-state index contributed by atoms with van der Waals surface area (Å²) in [4.78, 5) is 15.9. The van der Waals surface area contributed by atoms with Crippen molar-refractivity contribution in [2.75, 3.05) is 33.9 Å². The van der Waals surface area contributed by atoms with Crippen molar-refractivity contribution < 1.29 is 17.9 Å². The van der Waals surface area contributed by atoms with Gasteiger partial charge >= 0.3 is 0 Å². The number of pyridine rings is 1. The molecule has 0 unspecified atom stereocenters. The number of sulfonamides is 1. The summed E-state index contributed by atoms with van der Waals surface area (Å²) in [5, 5.41) is 2.58. The summed E-state index contributed by atoms with van der Waals surface area (Å²) >= 11 is 0. The molecule has 1 saturated heterocycles. The monoisotopic (exact) mass is 313 g/mol. The van der Waals surface area contributed by atoms with E-state index < -0.39 is 15.9 Å². The zero-order chi connectivity index (χ0) is 15.5. The number of amides is 1. The van der Waals surface area contributed by atoms with Crippen LogP contribution in [0.1, 0.15) is 0 Å². The van der Waals surface area contributed by atoms with Crippen molar-refractivity contribution in [2.24, 2.45) is 11.8 Å². The van der Waals surface area contributed by atoms with Crippen molar-refractivity contribution in [3.8, 4) is 0 Å². The first-order valence-electron chi connectivity index (χ1n) is 6.61. The summed E-state index contributed by atoms with van der Waals surface area (Å²) in [5.74, 6) is -0.719. The molecule has 1 amide bonds. The highest BCUT2D eigenvalue weighted by Gasteiger charge is 2.42. The molecule has 1 fully saturated rings. The third-order valence-corrected chi connectivity index (χ3v) is 5.46. The van der Waals surface area contributed by atoms with Crippen molar-refractivity contribution in [1.29, 1.82) is 0 Å². The molecule has 1 aromatic rings. The Morgan fingerprint density at radius 2 is 2.29 bits per heavy atom. The maximum Gasteiger partial charge on any atom is 0.244 e. The minimum absolute atomic E-state index is 0.138. The average molecular weight is 313 g/mol. The van der Waals surface area contributed by atoms with E-state index in [1.165, 1.54) is 22.8 Å². The zero-order valence-corrected chi connectivity index (χ0v) is 12.8. The molecule has 1 aliphatic heterocycles. The van der Waals surface area contributed by atoms with Crippen LogP contribution in [0.5, 0.6) is 0 Å². The van der Waals surface area contributed by atoms with Gasteiger partial charge in [0.25, 0.3) is 0 Å². The summed E-state index contributed by atoms with van der Waals surface area (Å²) in [6, 6.07) is 3.08. The Morgan fingerprint density at radius 1 is 1.52 bits per heavy atom. The van der Waals surface area contributed by atoms with Crippen molar-refractivity contribution in [3.05, 3.63) is 24.5 Å². The predicted octanol–water partition coefficient (Wildman–Crippen LogP) is -0.289. The van der Waals surface area contributed by atoms with E-state index in [4.69, 9.17) is 4.74 Å². The number of carbonyl (C=O) groups is 1. The standard InChI is InChI=1S/C13H19N3O4S/c1-14-13(17)12-8-16(7-10(12)9-20-2)21(18,19)11-4-3-5-15-6-11/h3-6,10,12H,7-9H2,1-2H3,(H,14,17)/t10-,12+/m0/s1. The van der Waals surface area contributed by atoms with Gasteiger partial charge < -0.3 is 10.1 Å². The molecule has 7 nitrogen and oxygen atoms in total. The van der Waals surface area contributed by atoms with Crippen molar-refractivity contribution >= 4 is 15.9 Å². The van der Waals surface area contributed by atoms with Crippen LogP contribution in [-0.2, 0) is 19.6 Å². The SMILES string of the molecule is CNC(=O)[C@@H]1CN(S(=O)(=O)c2cccnc2)C[C@H]1COC. The lowest BCUT2D eigenvalue weighted by Crippen LogP contribution is -2.34. The summed E-state index contributed by atoms with van der Waals surface area (Å²) in [7, 11) is -0.542. The van der Waals surface area contributed by atoms with Crippen molar-refractivity contribution in [2.45, 2.75) is 4.90 Å². The van der Waals surface area contributed by atoms with Gasteiger partial charge in [-0.05, 0) is 12.1 Å². The molecule has 0 radical (unpaired) electrons. The Balaban J connectivity index is 2.24. The number of methoxy groups -OCH3 is 1. The molecule has 1 aliphatic rings. The molecule has 2 heterocycles. The van der Waals surface area contributed by atoms with Crippen LogP contribution in [0.15, 0.2) is 29.4 Å². The molecule has 0 aliphatic carbocycles. The van der Waals surface area contributed by atoms with E-state index in [1.807, 2.05) is 0 Å². The minimum Gasteiger partial charge on any atom is -0.384 e. The second kappa shape index (κ2) is 6.50. The number of carbonyl (C=O) groups excluding carboxylic acids is 1. The summed E-state index contributed by atoms with van der Waals surface area (Å²) in [6.07, 6.45) is 2.83. The van der Waals surface area contributed by atoms with Gasteiger partial charge in [0.2, 0.25) is 15.9 Å². The fourth-order valence-corrected chi connectivity index (χ4v) is 4.03. The van der Waals surface area contributed by atoms with E-state index in [0.29, 0.717) is 6.61 Å². The van der Waals surface area contributed by atoms with Crippen molar-refractivity contribution in [3.63, 3.8) is 0 Å². The number of aromatic nitrogens is 1. The van der Waals surface area contributed by atoms with Gasteiger partial charge in [0.05, 0.1) is 12.5 Å². The Hall–Kier alpha value is -1.51. The van der Waals surface area contributed by atoms with Crippen LogP contribution in [0, 0.1) is 11.8 Å². The third-order valence-electron chi connectivity index (χ3n) is 3.64. The molecule has 0 aromatic carbocycles. The molecule has 2 rings (SSSR count). The number of hydrogen-bond acceptors (Lipinski definition) is 5. The number of hydrogen-bond donors (Lipinski definition) is 1. The van der Waals surface area contributed by atoms with Crippen LogP contribution < -0.4 is 5.32 Å². The lowest BCUT2D eigenvalue weighted by molar-refractivity contribution is -0.125. The fourth-order valence-electron chi connectivity index (χ4n) is 2.54. The van der Waals surface area contributed by atoms with Crippen LogP contribution in [0.2, 0.25) is 0 Å². The first kappa shape index (κ1) is 15.9. The van der Waals surface area contributed by atoms with E-state index in [9.17, 15) is 13.2 Å². The molecule has 116 valence electrons. The molecule has 0 spiro atoms. The summed E-state index contributed by atoms with van der Waals surface area (Å²) < 4.78 is 31.5. The van der Waals surface area contributed by atoms with E-state index in [1.54, 1.807) is 20.2 Å². The van der Waals surface area contributed by atoms with Gasteiger partial charge in [0.1, 0.15) is 4.90 Å². The topological polar surface area (TPSA) is 88.6 Å². The molecule has 0 saturated carbocycles.